The number of hydrogen-bond acceptors (Lipinski definition) is 4. The standard InChI is InChI=1S/C20H23NO5/c1-3-21(13-15-8-6-5-7-9-15)20(24)16-10-11-17(26-14-19(22)23)18(12-16)25-4-2/h5-12H,3-4,13-14H2,1-2H3,(H,22,23). The van der Waals surface area contributed by atoms with Gasteiger partial charge in [-0.05, 0) is 37.6 Å². The number of rotatable bonds is 9. The SMILES string of the molecule is CCOc1cc(C(=O)N(CC)Cc2ccccc2)ccc1OCC(=O)O. The Balaban J connectivity index is 2.20. The maximum Gasteiger partial charge on any atom is 0.341 e. The molecule has 6 nitrogen and oxygen atoms in total. The van der Waals surface area contributed by atoms with Crippen LogP contribution in [0.3, 0.4) is 0 Å². The molecule has 1 amide bonds. The van der Waals surface area contributed by atoms with Gasteiger partial charge in [0.05, 0.1) is 6.61 Å². The zero-order valence-electron chi connectivity index (χ0n) is 15.0. The van der Waals surface area contributed by atoms with E-state index in [2.05, 4.69) is 0 Å². The molecule has 0 bridgehead atoms. The molecule has 0 saturated carbocycles. The molecule has 2 rings (SSSR count). The van der Waals surface area contributed by atoms with E-state index in [0.717, 1.165) is 5.56 Å². The van der Waals surface area contributed by atoms with E-state index in [9.17, 15) is 9.59 Å². The van der Waals surface area contributed by atoms with Crippen molar-refractivity contribution in [1.29, 1.82) is 0 Å². The van der Waals surface area contributed by atoms with E-state index >= 15 is 0 Å². The molecule has 26 heavy (non-hydrogen) atoms. The Hall–Kier alpha value is -3.02. The van der Waals surface area contributed by atoms with Gasteiger partial charge in [0.25, 0.3) is 5.91 Å². The molecular formula is C20H23NO5. The number of carbonyl (C=O) groups is 2. The zero-order chi connectivity index (χ0) is 18.9. The van der Waals surface area contributed by atoms with E-state index in [0.29, 0.717) is 36.8 Å². The van der Waals surface area contributed by atoms with Gasteiger partial charge in [-0.25, -0.2) is 4.79 Å². The van der Waals surface area contributed by atoms with Gasteiger partial charge in [-0.3, -0.25) is 4.79 Å². The van der Waals surface area contributed by atoms with Crippen molar-refractivity contribution in [3.05, 3.63) is 59.7 Å². The molecule has 0 unspecified atom stereocenters. The maximum atomic E-state index is 12.8. The molecule has 0 spiro atoms. The second kappa shape index (κ2) is 9.46. The Kier molecular flexibility index (Phi) is 7.02. The summed E-state index contributed by atoms with van der Waals surface area (Å²) in [6.07, 6.45) is 0. The molecule has 2 aromatic carbocycles. The van der Waals surface area contributed by atoms with Crippen molar-refractivity contribution in [2.45, 2.75) is 20.4 Å². The third kappa shape index (κ3) is 5.24. The Labute approximate surface area is 153 Å². The van der Waals surface area contributed by atoms with Crippen LogP contribution in [0.15, 0.2) is 48.5 Å². The van der Waals surface area contributed by atoms with Crippen molar-refractivity contribution < 1.29 is 24.2 Å². The summed E-state index contributed by atoms with van der Waals surface area (Å²) >= 11 is 0. The predicted molar refractivity (Wildman–Crippen MR) is 97.6 cm³/mol. The number of aliphatic carboxylic acids is 1. The number of nitrogens with zero attached hydrogens (tertiary/aromatic N) is 1. The summed E-state index contributed by atoms with van der Waals surface area (Å²) in [6.45, 7) is 4.72. The van der Waals surface area contributed by atoms with E-state index in [-0.39, 0.29) is 5.91 Å². The largest absolute Gasteiger partial charge is 0.490 e. The first-order valence-corrected chi connectivity index (χ1v) is 8.49. The second-order valence-corrected chi connectivity index (χ2v) is 5.58. The minimum absolute atomic E-state index is 0.123. The van der Waals surface area contributed by atoms with Gasteiger partial charge >= 0.3 is 5.97 Å². The third-order valence-electron chi connectivity index (χ3n) is 3.73. The average Bonchev–Trinajstić information content (AvgIpc) is 2.65. The van der Waals surface area contributed by atoms with E-state index in [1.165, 1.54) is 0 Å². The lowest BCUT2D eigenvalue weighted by Gasteiger charge is -2.22. The summed E-state index contributed by atoms with van der Waals surface area (Å²) in [7, 11) is 0. The smallest absolute Gasteiger partial charge is 0.341 e. The van der Waals surface area contributed by atoms with Crippen LogP contribution in [0.5, 0.6) is 11.5 Å². The van der Waals surface area contributed by atoms with Crippen LogP contribution in [-0.4, -0.2) is 41.6 Å². The van der Waals surface area contributed by atoms with E-state index in [1.54, 1.807) is 23.1 Å². The molecule has 0 fully saturated rings. The molecule has 0 aliphatic carbocycles. The van der Waals surface area contributed by atoms with Crippen molar-refractivity contribution in [2.24, 2.45) is 0 Å². The molecule has 0 atom stereocenters. The maximum absolute atomic E-state index is 12.8. The van der Waals surface area contributed by atoms with Gasteiger partial charge in [-0.1, -0.05) is 30.3 Å². The quantitative estimate of drug-likeness (QED) is 0.746. The van der Waals surface area contributed by atoms with Crippen molar-refractivity contribution in [3.8, 4) is 11.5 Å². The van der Waals surface area contributed by atoms with Crippen LogP contribution >= 0.6 is 0 Å². The minimum atomic E-state index is -1.08. The highest BCUT2D eigenvalue weighted by Gasteiger charge is 2.17. The average molecular weight is 357 g/mol. The first-order valence-electron chi connectivity index (χ1n) is 8.49. The number of ether oxygens (including phenoxy) is 2. The molecule has 0 heterocycles. The fourth-order valence-electron chi connectivity index (χ4n) is 2.48. The second-order valence-electron chi connectivity index (χ2n) is 5.58. The molecule has 0 aromatic heterocycles. The summed E-state index contributed by atoms with van der Waals surface area (Å²) in [6, 6.07) is 14.6. The van der Waals surface area contributed by atoms with Gasteiger partial charge in [0, 0.05) is 18.7 Å². The van der Waals surface area contributed by atoms with Gasteiger partial charge < -0.3 is 19.5 Å². The molecule has 0 saturated heterocycles. The third-order valence-corrected chi connectivity index (χ3v) is 3.73. The van der Waals surface area contributed by atoms with Crippen LogP contribution in [0.1, 0.15) is 29.8 Å². The summed E-state index contributed by atoms with van der Waals surface area (Å²) in [5, 5.41) is 8.76. The van der Waals surface area contributed by atoms with Gasteiger partial charge in [0.15, 0.2) is 18.1 Å². The van der Waals surface area contributed by atoms with Crippen LogP contribution in [0, 0.1) is 0 Å². The van der Waals surface area contributed by atoms with Crippen molar-refractivity contribution >= 4 is 11.9 Å². The van der Waals surface area contributed by atoms with Gasteiger partial charge in [-0.15, -0.1) is 0 Å². The lowest BCUT2D eigenvalue weighted by atomic mass is 10.1. The molecule has 6 heteroatoms. The van der Waals surface area contributed by atoms with Crippen LogP contribution in [0.4, 0.5) is 0 Å². The highest BCUT2D eigenvalue weighted by molar-refractivity contribution is 5.95. The number of carboxylic acids is 1. The van der Waals surface area contributed by atoms with Crippen LogP contribution < -0.4 is 9.47 Å². The lowest BCUT2D eigenvalue weighted by Crippen LogP contribution is -2.30. The predicted octanol–water partition coefficient (Wildman–Crippen LogP) is 3.21. The summed E-state index contributed by atoms with van der Waals surface area (Å²) < 4.78 is 10.7. The molecule has 138 valence electrons. The van der Waals surface area contributed by atoms with Gasteiger partial charge in [0.1, 0.15) is 0 Å². The molecule has 1 N–H and O–H groups in total. The van der Waals surface area contributed by atoms with Gasteiger partial charge in [0.2, 0.25) is 0 Å². The number of carboxylic acid groups (broad SMARTS) is 1. The normalized spacial score (nSPS) is 10.2. The molecular weight excluding hydrogens is 334 g/mol. The highest BCUT2D eigenvalue weighted by atomic mass is 16.5. The Morgan fingerprint density at radius 1 is 1.00 bits per heavy atom. The molecule has 2 aromatic rings. The number of benzene rings is 2. The number of carbonyl (C=O) groups excluding carboxylic acids is 1. The van der Waals surface area contributed by atoms with Crippen molar-refractivity contribution in [2.75, 3.05) is 19.8 Å². The zero-order valence-corrected chi connectivity index (χ0v) is 15.0. The van der Waals surface area contributed by atoms with Crippen molar-refractivity contribution in [1.82, 2.24) is 4.90 Å². The van der Waals surface area contributed by atoms with Crippen molar-refractivity contribution in [3.63, 3.8) is 0 Å². The summed E-state index contributed by atoms with van der Waals surface area (Å²) in [5.41, 5.74) is 1.52. The molecule has 0 aliphatic rings. The Morgan fingerprint density at radius 3 is 2.35 bits per heavy atom. The first-order chi connectivity index (χ1) is 12.5. The summed E-state index contributed by atoms with van der Waals surface area (Å²) in [4.78, 5) is 25.3. The summed E-state index contributed by atoms with van der Waals surface area (Å²) in [5.74, 6) is -0.540. The first kappa shape index (κ1) is 19.3. The number of hydrogen-bond donors (Lipinski definition) is 1. The topological polar surface area (TPSA) is 76.1 Å². The monoisotopic (exact) mass is 357 g/mol. The Bertz CT molecular complexity index is 745. The molecule has 0 aliphatic heterocycles. The van der Waals surface area contributed by atoms with E-state index in [4.69, 9.17) is 14.6 Å². The van der Waals surface area contributed by atoms with Gasteiger partial charge in [-0.2, -0.15) is 0 Å². The minimum Gasteiger partial charge on any atom is -0.490 e. The highest BCUT2D eigenvalue weighted by Crippen LogP contribution is 2.29. The van der Waals surface area contributed by atoms with Crippen LogP contribution in [-0.2, 0) is 11.3 Å². The van der Waals surface area contributed by atoms with Crippen LogP contribution in [0.2, 0.25) is 0 Å². The molecule has 0 radical (unpaired) electrons. The lowest BCUT2D eigenvalue weighted by molar-refractivity contribution is -0.139. The van der Waals surface area contributed by atoms with E-state index in [1.807, 2.05) is 44.2 Å². The van der Waals surface area contributed by atoms with Crippen LogP contribution in [0.25, 0.3) is 0 Å². The fraction of sp³-hybridized carbons (Fsp3) is 0.300. The fourth-order valence-corrected chi connectivity index (χ4v) is 2.48. The van der Waals surface area contributed by atoms with E-state index < -0.39 is 12.6 Å². The number of amides is 1. The Morgan fingerprint density at radius 2 is 1.73 bits per heavy atom.